The molecule has 1 heterocycles. The molecule has 0 saturated carbocycles. The average molecular weight is 370 g/mol. The van der Waals surface area contributed by atoms with E-state index in [1.165, 1.54) is 24.3 Å². The predicted molar refractivity (Wildman–Crippen MR) is 87.8 cm³/mol. The molecule has 0 aliphatic heterocycles. The normalized spacial score (nSPS) is 12.9. The van der Waals surface area contributed by atoms with Gasteiger partial charge < -0.3 is 9.88 Å². The molecule has 1 amide bonds. The van der Waals surface area contributed by atoms with Crippen LogP contribution in [0.2, 0.25) is 0 Å². The Hall–Kier alpha value is -2.64. The number of rotatable bonds is 5. The van der Waals surface area contributed by atoms with Gasteiger partial charge in [-0.2, -0.15) is 13.2 Å². The Kier molecular flexibility index (Phi) is 5.84. The molecule has 4 nitrogen and oxygen atoms in total. The van der Waals surface area contributed by atoms with Crippen molar-refractivity contribution >= 4 is 5.91 Å². The van der Waals surface area contributed by atoms with Gasteiger partial charge in [0, 0.05) is 12.3 Å². The van der Waals surface area contributed by atoms with E-state index in [0.717, 1.165) is 6.07 Å². The number of hydrogen-bond acceptors (Lipinski definition) is 2. The number of carbonyl (C=O) groups excluding carboxylic acids is 1. The van der Waals surface area contributed by atoms with Crippen molar-refractivity contribution in [1.82, 2.24) is 9.88 Å². The van der Waals surface area contributed by atoms with Crippen molar-refractivity contribution in [3.8, 4) is 0 Å². The van der Waals surface area contributed by atoms with E-state index in [0.29, 0.717) is 22.4 Å². The summed E-state index contributed by atoms with van der Waals surface area (Å²) >= 11 is 0. The highest BCUT2D eigenvalue weighted by molar-refractivity contribution is 5.76. The van der Waals surface area contributed by atoms with Crippen molar-refractivity contribution in [3.63, 3.8) is 0 Å². The molecule has 1 N–H and O–H groups in total. The molecule has 8 heteroatoms. The molecular weight excluding hydrogens is 352 g/mol. The van der Waals surface area contributed by atoms with Crippen LogP contribution in [-0.2, 0) is 17.5 Å². The van der Waals surface area contributed by atoms with Crippen LogP contribution in [0.4, 0.5) is 17.6 Å². The molecule has 140 valence electrons. The molecule has 0 radical (unpaired) electrons. The third-order valence-electron chi connectivity index (χ3n) is 3.84. The first-order chi connectivity index (χ1) is 12.1. The molecule has 1 unspecified atom stereocenters. The monoisotopic (exact) mass is 370 g/mol. The highest BCUT2D eigenvalue weighted by atomic mass is 19.4. The number of nitrogens with one attached hydrogen (secondary N) is 1. The summed E-state index contributed by atoms with van der Waals surface area (Å²) in [5.41, 5.74) is -1.06. The Morgan fingerprint density at radius 2 is 1.73 bits per heavy atom. The van der Waals surface area contributed by atoms with Gasteiger partial charge in [-0.1, -0.05) is 26.0 Å². The zero-order valence-electron chi connectivity index (χ0n) is 14.2. The topological polar surface area (TPSA) is 51.1 Å². The lowest BCUT2D eigenvalue weighted by Crippen LogP contribution is -2.36. The number of amides is 1. The second-order valence-electron chi connectivity index (χ2n) is 6.22. The maximum atomic E-state index is 13.1. The van der Waals surface area contributed by atoms with E-state index in [9.17, 15) is 27.2 Å². The van der Waals surface area contributed by atoms with Crippen molar-refractivity contribution in [2.75, 3.05) is 0 Å². The maximum absolute atomic E-state index is 13.1. The fraction of sp³-hybridized carbons (Fsp3) is 0.333. The van der Waals surface area contributed by atoms with Crippen LogP contribution in [0.1, 0.15) is 31.0 Å². The van der Waals surface area contributed by atoms with Crippen LogP contribution < -0.4 is 10.9 Å². The molecule has 1 aromatic heterocycles. The van der Waals surface area contributed by atoms with Gasteiger partial charge in [-0.25, -0.2) is 4.39 Å². The van der Waals surface area contributed by atoms with E-state index in [-0.39, 0.29) is 5.92 Å². The first-order valence-electron chi connectivity index (χ1n) is 7.90. The molecule has 2 aromatic rings. The van der Waals surface area contributed by atoms with Crippen molar-refractivity contribution in [2.24, 2.45) is 5.92 Å². The summed E-state index contributed by atoms with van der Waals surface area (Å²) in [6.07, 6.45) is -4.00. The quantitative estimate of drug-likeness (QED) is 0.819. The van der Waals surface area contributed by atoms with E-state index in [1.54, 1.807) is 0 Å². The van der Waals surface area contributed by atoms with Gasteiger partial charge in [0.15, 0.2) is 0 Å². The van der Waals surface area contributed by atoms with Crippen LogP contribution in [0, 0.1) is 11.7 Å². The smallest absolute Gasteiger partial charge is 0.347 e. The minimum atomic E-state index is -4.61. The number of carbonyl (C=O) groups is 1. The molecule has 26 heavy (non-hydrogen) atoms. The predicted octanol–water partition coefficient (Wildman–Crippen LogP) is 3.52. The van der Waals surface area contributed by atoms with Gasteiger partial charge in [0.1, 0.15) is 12.4 Å². The third-order valence-corrected chi connectivity index (χ3v) is 3.84. The summed E-state index contributed by atoms with van der Waals surface area (Å²) in [4.78, 5) is 24.0. The molecule has 0 aliphatic carbocycles. The molecule has 0 fully saturated rings. The van der Waals surface area contributed by atoms with Crippen molar-refractivity contribution in [1.29, 1.82) is 0 Å². The summed E-state index contributed by atoms with van der Waals surface area (Å²) in [6, 6.07) is 6.54. The molecule has 1 atom stereocenters. The van der Waals surface area contributed by atoms with Crippen LogP contribution in [0.5, 0.6) is 0 Å². The van der Waals surface area contributed by atoms with E-state index in [2.05, 4.69) is 5.32 Å². The van der Waals surface area contributed by atoms with Gasteiger partial charge in [0.2, 0.25) is 5.91 Å². The van der Waals surface area contributed by atoms with Crippen LogP contribution in [-0.4, -0.2) is 10.5 Å². The van der Waals surface area contributed by atoms with Crippen molar-refractivity contribution < 1.29 is 22.4 Å². The highest BCUT2D eigenvalue weighted by Gasteiger charge is 2.31. The Morgan fingerprint density at radius 3 is 2.27 bits per heavy atom. The summed E-state index contributed by atoms with van der Waals surface area (Å²) in [7, 11) is 0. The van der Waals surface area contributed by atoms with E-state index >= 15 is 0 Å². The van der Waals surface area contributed by atoms with Crippen molar-refractivity contribution in [3.05, 3.63) is 69.9 Å². The SMILES string of the molecule is CC(C)C(NC(=O)Cn1cc(C(F)(F)F)ccc1=O)c1ccc(F)cc1. The van der Waals surface area contributed by atoms with Gasteiger partial charge in [0.25, 0.3) is 5.56 Å². The van der Waals surface area contributed by atoms with Gasteiger partial charge in [-0.15, -0.1) is 0 Å². The molecule has 0 spiro atoms. The Balaban J connectivity index is 2.18. The summed E-state index contributed by atoms with van der Waals surface area (Å²) in [5, 5.41) is 2.68. The zero-order valence-corrected chi connectivity index (χ0v) is 14.2. The first-order valence-corrected chi connectivity index (χ1v) is 7.90. The highest BCUT2D eigenvalue weighted by Crippen LogP contribution is 2.28. The van der Waals surface area contributed by atoms with Gasteiger partial charge >= 0.3 is 6.18 Å². The minimum absolute atomic E-state index is 0.0531. The molecule has 0 saturated heterocycles. The Morgan fingerprint density at radius 1 is 1.12 bits per heavy atom. The summed E-state index contributed by atoms with van der Waals surface area (Å²) in [6.45, 7) is 3.13. The standard InChI is InChI=1S/C18H18F4N2O2/c1-11(2)17(12-3-6-14(19)7-4-12)23-15(25)10-24-9-13(18(20,21)22)5-8-16(24)26/h3-9,11,17H,10H2,1-2H3,(H,23,25). The summed E-state index contributed by atoms with van der Waals surface area (Å²) < 4.78 is 52.1. The van der Waals surface area contributed by atoms with E-state index in [4.69, 9.17) is 0 Å². The summed E-state index contributed by atoms with van der Waals surface area (Å²) in [5.74, 6) is -1.09. The number of aromatic nitrogens is 1. The van der Waals surface area contributed by atoms with Crippen LogP contribution >= 0.6 is 0 Å². The lowest BCUT2D eigenvalue weighted by Gasteiger charge is -2.23. The number of benzene rings is 1. The van der Waals surface area contributed by atoms with Crippen LogP contribution in [0.3, 0.4) is 0 Å². The minimum Gasteiger partial charge on any atom is -0.347 e. The fourth-order valence-corrected chi connectivity index (χ4v) is 2.50. The lowest BCUT2D eigenvalue weighted by molar-refractivity contribution is -0.138. The molecule has 0 bridgehead atoms. The van der Waals surface area contributed by atoms with E-state index in [1.807, 2.05) is 13.8 Å². The number of nitrogens with zero attached hydrogens (tertiary/aromatic N) is 1. The number of alkyl halides is 3. The fourth-order valence-electron chi connectivity index (χ4n) is 2.50. The van der Waals surface area contributed by atoms with Gasteiger partial charge in [0.05, 0.1) is 11.6 Å². The molecule has 1 aromatic carbocycles. The van der Waals surface area contributed by atoms with E-state index < -0.39 is 41.6 Å². The van der Waals surface area contributed by atoms with Crippen LogP contribution in [0.15, 0.2) is 47.4 Å². The van der Waals surface area contributed by atoms with Gasteiger partial charge in [-0.05, 0) is 29.7 Å². The first kappa shape index (κ1) is 19.7. The van der Waals surface area contributed by atoms with Crippen molar-refractivity contribution in [2.45, 2.75) is 32.6 Å². The Bertz CT molecular complexity index is 826. The molecule has 2 rings (SSSR count). The van der Waals surface area contributed by atoms with Crippen LogP contribution in [0.25, 0.3) is 0 Å². The number of halogens is 4. The number of pyridine rings is 1. The average Bonchev–Trinajstić information content (AvgIpc) is 2.54. The van der Waals surface area contributed by atoms with Gasteiger partial charge in [-0.3, -0.25) is 9.59 Å². The maximum Gasteiger partial charge on any atom is 0.417 e. The molecular formula is C18H18F4N2O2. The second kappa shape index (κ2) is 7.72. The zero-order chi connectivity index (χ0) is 19.5. The second-order valence-corrected chi connectivity index (χ2v) is 6.22. The largest absolute Gasteiger partial charge is 0.417 e. The number of hydrogen-bond donors (Lipinski definition) is 1. The third kappa shape index (κ3) is 4.93. The Labute approximate surface area is 147 Å². The molecule has 0 aliphatic rings. The lowest BCUT2D eigenvalue weighted by atomic mass is 9.96.